The van der Waals surface area contributed by atoms with Crippen LogP contribution in [0.2, 0.25) is 0 Å². The number of carboxylic acid groups (broad SMARTS) is 1. The van der Waals surface area contributed by atoms with Gasteiger partial charge in [0.05, 0.1) is 11.3 Å². The minimum Gasteiger partial charge on any atom is -0.478 e. The Hall–Kier alpha value is -1.70. The second kappa shape index (κ2) is 5.96. The molecule has 0 unspecified atom stereocenters. The van der Waals surface area contributed by atoms with E-state index in [1.165, 1.54) is 0 Å². The fourth-order valence-electron chi connectivity index (χ4n) is 1.41. The summed E-state index contributed by atoms with van der Waals surface area (Å²) in [7, 11) is -3.12. The minimum absolute atomic E-state index is 0.0628. The molecule has 1 aromatic carbocycles. The quantitative estimate of drug-likeness (QED) is 0.777. The number of aromatic carboxylic acids is 1. The lowest BCUT2D eigenvalue weighted by atomic mass is 10.2. The molecule has 0 saturated heterocycles. The summed E-state index contributed by atoms with van der Waals surface area (Å²) in [6.07, 6.45) is 1.26. The van der Waals surface area contributed by atoms with Gasteiger partial charge in [-0.15, -0.1) is 0 Å². The van der Waals surface area contributed by atoms with Crippen molar-refractivity contribution in [2.24, 2.45) is 0 Å². The number of rotatable bonds is 6. The SMILES string of the molecule is CS(=O)(=O)CCCNc1c(F)cc(C(=O)O)cc1F. The average Bonchev–Trinajstić information content (AvgIpc) is 2.25. The molecule has 2 N–H and O–H groups in total. The van der Waals surface area contributed by atoms with E-state index in [9.17, 15) is 22.0 Å². The van der Waals surface area contributed by atoms with Crippen LogP contribution in [0.25, 0.3) is 0 Å². The third-order valence-electron chi connectivity index (χ3n) is 2.28. The smallest absolute Gasteiger partial charge is 0.335 e. The number of sulfone groups is 1. The van der Waals surface area contributed by atoms with Crippen LogP contribution in [0.1, 0.15) is 16.8 Å². The molecular formula is C11H13F2NO4S. The highest BCUT2D eigenvalue weighted by Gasteiger charge is 2.14. The first kappa shape index (κ1) is 15.4. The lowest BCUT2D eigenvalue weighted by molar-refractivity contribution is 0.0696. The van der Waals surface area contributed by atoms with E-state index in [1.807, 2.05) is 0 Å². The van der Waals surface area contributed by atoms with E-state index in [0.717, 1.165) is 6.26 Å². The van der Waals surface area contributed by atoms with Gasteiger partial charge in [-0.05, 0) is 18.6 Å². The van der Waals surface area contributed by atoms with Crippen LogP contribution in [-0.2, 0) is 9.84 Å². The first-order valence-electron chi connectivity index (χ1n) is 5.34. The van der Waals surface area contributed by atoms with Gasteiger partial charge in [0.15, 0.2) is 0 Å². The van der Waals surface area contributed by atoms with E-state index in [-0.39, 0.29) is 18.7 Å². The number of halogens is 2. The summed E-state index contributed by atoms with van der Waals surface area (Å²) in [4.78, 5) is 10.6. The van der Waals surface area contributed by atoms with Crippen molar-refractivity contribution in [3.8, 4) is 0 Å². The fourth-order valence-corrected chi connectivity index (χ4v) is 2.08. The first-order chi connectivity index (χ1) is 8.70. The molecule has 0 amide bonds. The van der Waals surface area contributed by atoms with Gasteiger partial charge in [-0.1, -0.05) is 0 Å². The van der Waals surface area contributed by atoms with Gasteiger partial charge in [0.1, 0.15) is 27.2 Å². The van der Waals surface area contributed by atoms with Gasteiger partial charge >= 0.3 is 5.97 Å². The number of carboxylic acids is 1. The number of carbonyl (C=O) groups is 1. The first-order valence-corrected chi connectivity index (χ1v) is 7.40. The second-order valence-corrected chi connectivity index (χ2v) is 6.29. The molecule has 0 aliphatic carbocycles. The normalized spacial score (nSPS) is 11.3. The second-order valence-electron chi connectivity index (χ2n) is 4.03. The predicted octanol–water partition coefficient (Wildman–Crippen LogP) is 1.51. The molecule has 1 aromatic rings. The van der Waals surface area contributed by atoms with E-state index < -0.39 is 38.7 Å². The Bertz CT molecular complexity index is 563. The molecule has 0 radical (unpaired) electrons. The molecule has 0 atom stereocenters. The van der Waals surface area contributed by atoms with Crippen molar-refractivity contribution < 1.29 is 27.1 Å². The van der Waals surface area contributed by atoms with Gasteiger partial charge in [0.2, 0.25) is 0 Å². The largest absolute Gasteiger partial charge is 0.478 e. The van der Waals surface area contributed by atoms with Gasteiger partial charge in [0, 0.05) is 12.8 Å². The summed E-state index contributed by atoms with van der Waals surface area (Å²) in [5, 5.41) is 11.0. The summed E-state index contributed by atoms with van der Waals surface area (Å²) in [5.74, 6) is -3.59. The molecule has 5 nitrogen and oxygen atoms in total. The van der Waals surface area contributed by atoms with Gasteiger partial charge in [0.25, 0.3) is 0 Å². The van der Waals surface area contributed by atoms with Gasteiger partial charge in [-0.3, -0.25) is 0 Å². The summed E-state index contributed by atoms with van der Waals surface area (Å²) >= 11 is 0. The summed E-state index contributed by atoms with van der Waals surface area (Å²) in [5.41, 5.74) is -0.949. The number of hydrogen-bond donors (Lipinski definition) is 2. The van der Waals surface area contributed by atoms with Crippen LogP contribution in [0.5, 0.6) is 0 Å². The average molecular weight is 293 g/mol. The van der Waals surface area contributed by atoms with Crippen molar-refractivity contribution in [2.75, 3.05) is 23.9 Å². The van der Waals surface area contributed by atoms with Crippen molar-refractivity contribution in [2.45, 2.75) is 6.42 Å². The molecular weight excluding hydrogens is 280 g/mol. The Morgan fingerprint density at radius 2 is 1.84 bits per heavy atom. The molecule has 0 aliphatic rings. The maximum atomic E-state index is 13.4. The highest BCUT2D eigenvalue weighted by Crippen LogP contribution is 2.20. The topological polar surface area (TPSA) is 83.5 Å². The maximum Gasteiger partial charge on any atom is 0.335 e. The van der Waals surface area contributed by atoms with Crippen LogP contribution >= 0.6 is 0 Å². The van der Waals surface area contributed by atoms with E-state index in [1.54, 1.807) is 0 Å². The monoisotopic (exact) mass is 293 g/mol. The number of hydrogen-bond acceptors (Lipinski definition) is 4. The number of nitrogens with one attached hydrogen (secondary N) is 1. The Morgan fingerprint density at radius 1 is 1.32 bits per heavy atom. The van der Waals surface area contributed by atoms with Crippen LogP contribution in [0.15, 0.2) is 12.1 Å². The maximum absolute atomic E-state index is 13.4. The van der Waals surface area contributed by atoms with Gasteiger partial charge in [-0.25, -0.2) is 22.0 Å². The third-order valence-corrected chi connectivity index (χ3v) is 3.31. The molecule has 0 fully saturated rings. The molecule has 8 heteroatoms. The molecule has 0 aliphatic heterocycles. The molecule has 106 valence electrons. The molecule has 0 aromatic heterocycles. The Morgan fingerprint density at radius 3 is 2.26 bits per heavy atom. The van der Waals surface area contributed by atoms with E-state index >= 15 is 0 Å². The van der Waals surface area contributed by atoms with Crippen molar-refractivity contribution in [3.05, 3.63) is 29.3 Å². The summed E-state index contributed by atoms with van der Waals surface area (Å²) in [6.45, 7) is 0.0628. The third kappa shape index (κ3) is 4.82. The van der Waals surface area contributed by atoms with Crippen LogP contribution < -0.4 is 5.32 Å². The Balaban J connectivity index is 2.72. The summed E-state index contributed by atoms with van der Waals surface area (Å²) < 4.78 is 48.6. The van der Waals surface area contributed by atoms with E-state index in [0.29, 0.717) is 12.1 Å². The van der Waals surface area contributed by atoms with Crippen LogP contribution in [0.3, 0.4) is 0 Å². The lowest BCUT2D eigenvalue weighted by Gasteiger charge is -2.09. The summed E-state index contributed by atoms with van der Waals surface area (Å²) in [6, 6.07) is 1.40. The van der Waals surface area contributed by atoms with E-state index in [2.05, 4.69) is 5.32 Å². The standard InChI is InChI=1S/C11H13F2NO4S/c1-19(17,18)4-2-3-14-10-8(12)5-7(11(15)16)6-9(10)13/h5-6,14H,2-4H2,1H3,(H,15,16). The number of anilines is 1. The van der Waals surface area contributed by atoms with Crippen molar-refractivity contribution in [1.29, 1.82) is 0 Å². The number of benzene rings is 1. The molecule has 19 heavy (non-hydrogen) atoms. The zero-order valence-corrected chi connectivity index (χ0v) is 10.9. The van der Waals surface area contributed by atoms with Gasteiger partial charge in [-0.2, -0.15) is 0 Å². The van der Waals surface area contributed by atoms with Gasteiger partial charge < -0.3 is 10.4 Å². The Labute approximate surface area is 109 Å². The van der Waals surface area contributed by atoms with Crippen molar-refractivity contribution in [1.82, 2.24) is 0 Å². The van der Waals surface area contributed by atoms with E-state index in [4.69, 9.17) is 5.11 Å². The predicted molar refractivity (Wildman–Crippen MR) is 66.1 cm³/mol. The molecule has 0 heterocycles. The van der Waals surface area contributed by atoms with Crippen LogP contribution in [-0.4, -0.2) is 38.0 Å². The van der Waals surface area contributed by atoms with Crippen LogP contribution in [0.4, 0.5) is 14.5 Å². The van der Waals surface area contributed by atoms with Crippen molar-refractivity contribution in [3.63, 3.8) is 0 Å². The van der Waals surface area contributed by atoms with Crippen molar-refractivity contribution >= 4 is 21.5 Å². The fraction of sp³-hybridized carbons (Fsp3) is 0.364. The van der Waals surface area contributed by atoms with Crippen LogP contribution in [0, 0.1) is 11.6 Å². The zero-order valence-electron chi connectivity index (χ0n) is 10.1. The minimum atomic E-state index is -3.12. The zero-order chi connectivity index (χ0) is 14.6. The molecule has 1 rings (SSSR count). The molecule has 0 bridgehead atoms. The highest BCUT2D eigenvalue weighted by molar-refractivity contribution is 7.90. The Kier molecular flexibility index (Phi) is 4.82. The highest BCUT2D eigenvalue weighted by atomic mass is 32.2. The molecule has 0 spiro atoms. The molecule has 0 saturated carbocycles. The lowest BCUT2D eigenvalue weighted by Crippen LogP contribution is -2.12.